The fourth-order valence-corrected chi connectivity index (χ4v) is 2.99. The average Bonchev–Trinajstić information content (AvgIpc) is 3.27. The molecule has 1 fully saturated rings. The largest absolute Gasteiger partial charge is 0.346 e. The number of benzene rings is 1. The first kappa shape index (κ1) is 14.9. The molecule has 1 unspecified atom stereocenters. The summed E-state index contributed by atoms with van der Waals surface area (Å²) in [4.78, 5) is 19.7. The number of anilines is 1. The molecule has 1 amide bonds. The van der Waals surface area contributed by atoms with Gasteiger partial charge in [-0.3, -0.25) is 4.79 Å². The van der Waals surface area contributed by atoms with Crippen LogP contribution in [0.15, 0.2) is 48.8 Å². The Bertz CT molecular complexity index is 864. The number of nitrogens with zero attached hydrogens (tertiary/aromatic N) is 1. The Kier molecular flexibility index (Phi) is 3.78. The lowest BCUT2D eigenvalue weighted by Gasteiger charge is -2.12. The molecule has 0 saturated heterocycles. The highest BCUT2D eigenvalue weighted by atomic mass is 16.1. The average molecular weight is 320 g/mol. The molecule has 122 valence electrons. The summed E-state index contributed by atoms with van der Waals surface area (Å²) in [6, 6.07) is 11.4. The summed E-state index contributed by atoms with van der Waals surface area (Å²) in [5, 5.41) is 3.85. The molecule has 1 saturated carbocycles. The molecule has 1 aromatic carbocycles. The minimum atomic E-state index is -0.133. The van der Waals surface area contributed by atoms with E-state index in [4.69, 9.17) is 5.73 Å². The number of nitrogens with two attached hydrogens (primary N) is 1. The summed E-state index contributed by atoms with van der Waals surface area (Å²) in [5.74, 6) is 0.657. The normalized spacial score (nSPS) is 15.4. The number of aromatic nitrogens is 2. The van der Waals surface area contributed by atoms with Crippen LogP contribution in [0, 0.1) is 5.92 Å². The van der Waals surface area contributed by atoms with Crippen molar-refractivity contribution in [1.29, 1.82) is 0 Å². The predicted molar refractivity (Wildman–Crippen MR) is 94.8 cm³/mol. The van der Waals surface area contributed by atoms with Crippen LogP contribution in [-0.4, -0.2) is 15.9 Å². The standard InChI is InChI=1S/C19H20N4O/c20-16(11-12-1-2-12)13-3-5-14(6-4-13)19(24)23-17-8-10-22-18-15(17)7-9-21-18/h3-10,12,16H,1-2,11,20H2,(H2,21,22,23,24). The molecular weight excluding hydrogens is 300 g/mol. The second kappa shape index (κ2) is 6.09. The van der Waals surface area contributed by atoms with Gasteiger partial charge in [-0.15, -0.1) is 0 Å². The number of pyridine rings is 1. The Labute approximate surface area is 140 Å². The van der Waals surface area contributed by atoms with Gasteiger partial charge in [0.15, 0.2) is 0 Å². The van der Waals surface area contributed by atoms with Crippen molar-refractivity contribution in [2.45, 2.75) is 25.3 Å². The third kappa shape index (κ3) is 3.03. The SMILES string of the molecule is NC(CC1CC1)c1ccc(C(=O)Nc2ccnc3[nH]ccc23)cc1. The van der Waals surface area contributed by atoms with Gasteiger partial charge in [-0.05, 0) is 42.2 Å². The number of rotatable bonds is 5. The number of aromatic amines is 1. The molecule has 24 heavy (non-hydrogen) atoms. The molecule has 0 spiro atoms. The van der Waals surface area contributed by atoms with Crippen LogP contribution in [0.5, 0.6) is 0 Å². The number of carbonyl (C=O) groups is 1. The van der Waals surface area contributed by atoms with Crippen LogP contribution in [0.25, 0.3) is 11.0 Å². The van der Waals surface area contributed by atoms with E-state index in [0.29, 0.717) is 5.56 Å². The zero-order chi connectivity index (χ0) is 16.5. The summed E-state index contributed by atoms with van der Waals surface area (Å²) in [5.41, 5.74) is 9.45. The Morgan fingerprint density at radius 2 is 2.04 bits per heavy atom. The van der Waals surface area contributed by atoms with Crippen LogP contribution in [0.3, 0.4) is 0 Å². The number of fused-ring (bicyclic) bond motifs is 1. The molecule has 4 rings (SSSR count). The van der Waals surface area contributed by atoms with E-state index < -0.39 is 0 Å². The summed E-state index contributed by atoms with van der Waals surface area (Å²) < 4.78 is 0. The van der Waals surface area contributed by atoms with Gasteiger partial charge >= 0.3 is 0 Å². The molecule has 4 N–H and O–H groups in total. The van der Waals surface area contributed by atoms with Crippen molar-refractivity contribution >= 4 is 22.6 Å². The molecule has 1 aliphatic rings. The van der Waals surface area contributed by atoms with Crippen molar-refractivity contribution in [2.75, 3.05) is 5.32 Å². The van der Waals surface area contributed by atoms with Crippen LogP contribution in [0.1, 0.15) is 41.2 Å². The van der Waals surface area contributed by atoms with Crippen LogP contribution in [0.2, 0.25) is 0 Å². The quantitative estimate of drug-likeness (QED) is 0.671. The highest BCUT2D eigenvalue weighted by Gasteiger charge is 2.24. The number of amides is 1. The number of hydrogen-bond donors (Lipinski definition) is 3. The fourth-order valence-electron chi connectivity index (χ4n) is 2.99. The van der Waals surface area contributed by atoms with Gasteiger partial charge in [0, 0.05) is 29.4 Å². The first-order chi connectivity index (χ1) is 11.7. The van der Waals surface area contributed by atoms with Crippen LogP contribution < -0.4 is 11.1 Å². The van der Waals surface area contributed by atoms with Gasteiger partial charge in [-0.25, -0.2) is 4.98 Å². The molecule has 0 aliphatic heterocycles. The molecule has 5 nitrogen and oxygen atoms in total. The summed E-state index contributed by atoms with van der Waals surface area (Å²) in [7, 11) is 0. The summed E-state index contributed by atoms with van der Waals surface area (Å²) in [6.07, 6.45) is 7.12. The fraction of sp³-hybridized carbons (Fsp3) is 0.263. The molecule has 1 atom stereocenters. The predicted octanol–water partition coefficient (Wildman–Crippen LogP) is 3.62. The molecule has 1 aliphatic carbocycles. The van der Waals surface area contributed by atoms with E-state index in [1.165, 1.54) is 12.8 Å². The highest BCUT2D eigenvalue weighted by Crippen LogP contribution is 2.36. The van der Waals surface area contributed by atoms with Crippen LogP contribution in [0.4, 0.5) is 5.69 Å². The molecule has 5 heteroatoms. The summed E-state index contributed by atoms with van der Waals surface area (Å²) in [6.45, 7) is 0. The third-order valence-electron chi connectivity index (χ3n) is 4.59. The molecule has 0 bridgehead atoms. The van der Waals surface area contributed by atoms with E-state index in [0.717, 1.165) is 34.6 Å². The van der Waals surface area contributed by atoms with Gasteiger partial charge < -0.3 is 16.0 Å². The van der Waals surface area contributed by atoms with E-state index in [2.05, 4.69) is 15.3 Å². The minimum absolute atomic E-state index is 0.0642. The number of nitrogens with one attached hydrogen (secondary N) is 2. The van der Waals surface area contributed by atoms with Crippen molar-refractivity contribution in [3.63, 3.8) is 0 Å². The second-order valence-electron chi connectivity index (χ2n) is 6.46. The van der Waals surface area contributed by atoms with Gasteiger partial charge in [-0.2, -0.15) is 0 Å². The lowest BCUT2D eigenvalue weighted by molar-refractivity contribution is 0.102. The van der Waals surface area contributed by atoms with Crippen LogP contribution in [-0.2, 0) is 0 Å². The molecule has 3 aromatic rings. The van der Waals surface area contributed by atoms with Crippen molar-refractivity contribution in [3.8, 4) is 0 Å². The smallest absolute Gasteiger partial charge is 0.255 e. The summed E-state index contributed by atoms with van der Waals surface area (Å²) >= 11 is 0. The first-order valence-corrected chi connectivity index (χ1v) is 8.29. The van der Waals surface area contributed by atoms with Gasteiger partial charge in [-0.1, -0.05) is 25.0 Å². The molecule has 2 heterocycles. The Morgan fingerprint density at radius 3 is 2.79 bits per heavy atom. The maximum absolute atomic E-state index is 12.5. The second-order valence-corrected chi connectivity index (χ2v) is 6.46. The van der Waals surface area contributed by atoms with E-state index in [-0.39, 0.29) is 11.9 Å². The third-order valence-corrected chi connectivity index (χ3v) is 4.59. The van der Waals surface area contributed by atoms with E-state index in [1.54, 1.807) is 12.3 Å². The minimum Gasteiger partial charge on any atom is -0.346 e. The van der Waals surface area contributed by atoms with Gasteiger partial charge in [0.25, 0.3) is 5.91 Å². The topological polar surface area (TPSA) is 83.8 Å². The molecule has 0 radical (unpaired) electrons. The maximum Gasteiger partial charge on any atom is 0.255 e. The zero-order valence-corrected chi connectivity index (χ0v) is 13.3. The van der Waals surface area contributed by atoms with E-state index in [1.807, 2.05) is 36.5 Å². The highest BCUT2D eigenvalue weighted by molar-refractivity contribution is 6.08. The van der Waals surface area contributed by atoms with Crippen molar-refractivity contribution in [3.05, 3.63) is 59.9 Å². The molecular formula is C19H20N4O. The van der Waals surface area contributed by atoms with Gasteiger partial charge in [0.05, 0.1) is 5.69 Å². The van der Waals surface area contributed by atoms with Crippen LogP contribution >= 0.6 is 0 Å². The van der Waals surface area contributed by atoms with Gasteiger partial charge in [0.1, 0.15) is 5.65 Å². The number of hydrogen-bond acceptors (Lipinski definition) is 3. The van der Waals surface area contributed by atoms with E-state index >= 15 is 0 Å². The maximum atomic E-state index is 12.5. The zero-order valence-electron chi connectivity index (χ0n) is 13.3. The van der Waals surface area contributed by atoms with Crippen molar-refractivity contribution in [1.82, 2.24) is 9.97 Å². The van der Waals surface area contributed by atoms with E-state index in [9.17, 15) is 4.79 Å². The Balaban J connectivity index is 1.48. The van der Waals surface area contributed by atoms with Gasteiger partial charge in [0.2, 0.25) is 0 Å². The first-order valence-electron chi connectivity index (χ1n) is 8.29. The van der Waals surface area contributed by atoms with Crippen molar-refractivity contribution < 1.29 is 4.79 Å². The van der Waals surface area contributed by atoms with Crippen molar-refractivity contribution in [2.24, 2.45) is 11.7 Å². The molecule has 2 aromatic heterocycles. The monoisotopic (exact) mass is 320 g/mol. The Morgan fingerprint density at radius 1 is 1.25 bits per heavy atom. The Hall–Kier alpha value is -2.66. The lowest BCUT2D eigenvalue weighted by Crippen LogP contribution is -2.14. The number of carbonyl (C=O) groups excluding carboxylic acids is 1. The lowest BCUT2D eigenvalue weighted by atomic mass is 10.0. The number of H-pyrrole nitrogens is 1.